The van der Waals surface area contributed by atoms with Crippen LogP contribution >= 0.6 is 0 Å². The van der Waals surface area contributed by atoms with Gasteiger partial charge in [0.1, 0.15) is 5.75 Å². The van der Waals surface area contributed by atoms with Crippen molar-refractivity contribution in [2.75, 3.05) is 7.11 Å². The molecule has 3 nitrogen and oxygen atoms in total. The summed E-state index contributed by atoms with van der Waals surface area (Å²) in [6.45, 7) is 2.04. The first-order valence-electron chi connectivity index (χ1n) is 5.52. The van der Waals surface area contributed by atoms with Crippen LogP contribution in [-0.2, 0) is 0 Å². The minimum atomic E-state index is -0.187. The van der Waals surface area contributed by atoms with Crippen molar-refractivity contribution < 1.29 is 4.74 Å². The van der Waals surface area contributed by atoms with E-state index in [9.17, 15) is 0 Å². The Morgan fingerprint density at radius 2 is 1.88 bits per heavy atom. The van der Waals surface area contributed by atoms with Crippen LogP contribution in [0.25, 0.3) is 0 Å². The summed E-state index contributed by atoms with van der Waals surface area (Å²) in [5.74, 6) is 0.819. The van der Waals surface area contributed by atoms with Gasteiger partial charge in [0.15, 0.2) is 0 Å². The third-order valence-corrected chi connectivity index (χ3v) is 2.79. The van der Waals surface area contributed by atoms with Gasteiger partial charge < -0.3 is 10.5 Å². The molecule has 0 aliphatic carbocycles. The molecule has 0 spiro atoms. The topological polar surface area (TPSA) is 48.1 Å². The van der Waals surface area contributed by atoms with E-state index in [-0.39, 0.29) is 6.04 Å². The first-order valence-corrected chi connectivity index (χ1v) is 5.52. The average Bonchev–Trinajstić information content (AvgIpc) is 2.39. The van der Waals surface area contributed by atoms with Crippen molar-refractivity contribution in [3.05, 3.63) is 59.4 Å². The van der Waals surface area contributed by atoms with E-state index in [0.29, 0.717) is 0 Å². The van der Waals surface area contributed by atoms with E-state index in [1.54, 1.807) is 19.5 Å². The lowest BCUT2D eigenvalue weighted by atomic mass is 9.98. The van der Waals surface area contributed by atoms with Crippen LogP contribution in [0.1, 0.15) is 22.7 Å². The Morgan fingerprint density at radius 3 is 2.53 bits per heavy atom. The number of nitrogens with two attached hydrogens (primary N) is 1. The molecular formula is C14H16N2O. The molecule has 1 aromatic heterocycles. The average molecular weight is 228 g/mol. The van der Waals surface area contributed by atoms with Gasteiger partial charge in [0, 0.05) is 18.0 Å². The maximum absolute atomic E-state index is 6.25. The highest BCUT2D eigenvalue weighted by Gasteiger charge is 2.13. The molecule has 17 heavy (non-hydrogen) atoms. The summed E-state index contributed by atoms with van der Waals surface area (Å²) in [6, 6.07) is 9.68. The molecule has 1 unspecified atom stereocenters. The standard InChI is InChI=1S/C14H16N2O/c1-10-3-4-13(17-2)12(9-10)14(15)11-5-7-16-8-6-11/h3-9,14H,15H2,1-2H3. The van der Waals surface area contributed by atoms with Gasteiger partial charge in [-0.2, -0.15) is 0 Å². The quantitative estimate of drug-likeness (QED) is 0.877. The van der Waals surface area contributed by atoms with Gasteiger partial charge in [0.05, 0.1) is 13.2 Å². The molecule has 0 saturated carbocycles. The fourth-order valence-electron chi connectivity index (χ4n) is 1.85. The van der Waals surface area contributed by atoms with Crippen molar-refractivity contribution in [1.82, 2.24) is 4.98 Å². The van der Waals surface area contributed by atoms with Crippen LogP contribution in [0.3, 0.4) is 0 Å². The van der Waals surface area contributed by atoms with Gasteiger partial charge in [-0.3, -0.25) is 4.98 Å². The second-order valence-corrected chi connectivity index (χ2v) is 4.00. The Hall–Kier alpha value is -1.87. The number of methoxy groups -OCH3 is 1. The maximum Gasteiger partial charge on any atom is 0.123 e. The molecular weight excluding hydrogens is 212 g/mol. The van der Waals surface area contributed by atoms with Crippen LogP contribution in [0.15, 0.2) is 42.7 Å². The van der Waals surface area contributed by atoms with Crippen LogP contribution in [-0.4, -0.2) is 12.1 Å². The van der Waals surface area contributed by atoms with Crippen molar-refractivity contribution in [1.29, 1.82) is 0 Å². The molecule has 1 atom stereocenters. The number of ether oxygens (including phenoxy) is 1. The summed E-state index contributed by atoms with van der Waals surface area (Å²) in [6.07, 6.45) is 3.49. The van der Waals surface area contributed by atoms with Crippen molar-refractivity contribution >= 4 is 0 Å². The first-order chi connectivity index (χ1) is 8.22. The summed E-state index contributed by atoms with van der Waals surface area (Å²) in [5.41, 5.74) is 9.46. The van der Waals surface area contributed by atoms with Crippen LogP contribution in [0, 0.1) is 6.92 Å². The monoisotopic (exact) mass is 228 g/mol. The van der Waals surface area contributed by atoms with Gasteiger partial charge >= 0.3 is 0 Å². The molecule has 1 heterocycles. The van der Waals surface area contributed by atoms with Crippen molar-refractivity contribution in [2.45, 2.75) is 13.0 Å². The summed E-state index contributed by atoms with van der Waals surface area (Å²) in [4.78, 5) is 3.99. The van der Waals surface area contributed by atoms with Gasteiger partial charge in [-0.05, 0) is 30.7 Å². The van der Waals surface area contributed by atoms with E-state index in [1.165, 1.54) is 5.56 Å². The Labute approximate surface area is 101 Å². The number of rotatable bonds is 3. The molecule has 0 amide bonds. The van der Waals surface area contributed by atoms with Crippen molar-refractivity contribution in [2.24, 2.45) is 5.73 Å². The van der Waals surface area contributed by atoms with Gasteiger partial charge in [-0.25, -0.2) is 0 Å². The minimum absolute atomic E-state index is 0.187. The second kappa shape index (κ2) is 4.97. The third-order valence-electron chi connectivity index (χ3n) is 2.79. The number of aromatic nitrogens is 1. The van der Waals surface area contributed by atoms with E-state index in [1.807, 2.05) is 31.2 Å². The molecule has 2 rings (SSSR count). The maximum atomic E-state index is 6.25. The number of hydrogen-bond acceptors (Lipinski definition) is 3. The van der Waals surface area contributed by atoms with Crippen molar-refractivity contribution in [3.8, 4) is 5.75 Å². The van der Waals surface area contributed by atoms with Crippen molar-refractivity contribution in [3.63, 3.8) is 0 Å². The molecule has 0 saturated heterocycles. The highest BCUT2D eigenvalue weighted by atomic mass is 16.5. The lowest BCUT2D eigenvalue weighted by Gasteiger charge is -2.16. The Morgan fingerprint density at radius 1 is 1.18 bits per heavy atom. The van der Waals surface area contributed by atoms with E-state index in [4.69, 9.17) is 10.5 Å². The number of pyridine rings is 1. The smallest absolute Gasteiger partial charge is 0.123 e. The van der Waals surface area contributed by atoms with Gasteiger partial charge in [0.25, 0.3) is 0 Å². The summed E-state index contributed by atoms with van der Waals surface area (Å²) < 4.78 is 5.35. The highest BCUT2D eigenvalue weighted by molar-refractivity contribution is 5.43. The zero-order chi connectivity index (χ0) is 12.3. The van der Waals surface area contributed by atoms with E-state index < -0.39 is 0 Å². The Bertz CT molecular complexity index is 497. The fourth-order valence-corrected chi connectivity index (χ4v) is 1.85. The van der Waals surface area contributed by atoms with Gasteiger partial charge in [0.2, 0.25) is 0 Å². The molecule has 2 N–H and O–H groups in total. The largest absolute Gasteiger partial charge is 0.496 e. The lowest BCUT2D eigenvalue weighted by molar-refractivity contribution is 0.407. The van der Waals surface area contributed by atoms with Crippen LogP contribution in [0.2, 0.25) is 0 Å². The van der Waals surface area contributed by atoms with E-state index >= 15 is 0 Å². The minimum Gasteiger partial charge on any atom is -0.496 e. The van der Waals surface area contributed by atoms with Crippen LogP contribution in [0.4, 0.5) is 0 Å². The molecule has 0 radical (unpaired) electrons. The normalized spacial score (nSPS) is 12.2. The zero-order valence-corrected chi connectivity index (χ0v) is 10.1. The molecule has 0 fully saturated rings. The third kappa shape index (κ3) is 2.45. The molecule has 1 aromatic carbocycles. The summed E-state index contributed by atoms with van der Waals surface area (Å²) >= 11 is 0. The van der Waals surface area contributed by atoms with E-state index in [2.05, 4.69) is 11.1 Å². The lowest BCUT2D eigenvalue weighted by Crippen LogP contribution is -2.13. The number of aryl methyl sites for hydroxylation is 1. The zero-order valence-electron chi connectivity index (χ0n) is 10.1. The Balaban J connectivity index is 2.43. The molecule has 2 aromatic rings. The Kier molecular flexibility index (Phi) is 3.40. The summed E-state index contributed by atoms with van der Waals surface area (Å²) in [5, 5.41) is 0. The molecule has 88 valence electrons. The highest BCUT2D eigenvalue weighted by Crippen LogP contribution is 2.28. The molecule has 0 bridgehead atoms. The van der Waals surface area contributed by atoms with Gasteiger partial charge in [-0.15, -0.1) is 0 Å². The summed E-state index contributed by atoms with van der Waals surface area (Å²) in [7, 11) is 1.66. The predicted molar refractivity (Wildman–Crippen MR) is 68.0 cm³/mol. The predicted octanol–water partition coefficient (Wildman–Crippen LogP) is 2.45. The number of benzene rings is 1. The molecule has 3 heteroatoms. The fraction of sp³-hybridized carbons (Fsp3) is 0.214. The molecule has 0 aliphatic heterocycles. The van der Waals surface area contributed by atoms with E-state index in [0.717, 1.165) is 16.9 Å². The van der Waals surface area contributed by atoms with Gasteiger partial charge in [-0.1, -0.05) is 17.7 Å². The molecule has 0 aliphatic rings. The number of nitrogens with zero attached hydrogens (tertiary/aromatic N) is 1. The van der Waals surface area contributed by atoms with Crippen LogP contribution < -0.4 is 10.5 Å². The van der Waals surface area contributed by atoms with Crippen LogP contribution in [0.5, 0.6) is 5.75 Å². The SMILES string of the molecule is COc1ccc(C)cc1C(N)c1ccncc1. The second-order valence-electron chi connectivity index (χ2n) is 4.00. The number of hydrogen-bond donors (Lipinski definition) is 1. The first kappa shape index (κ1) is 11.6.